The first-order valence-electron chi connectivity index (χ1n) is 6.84. The van der Waals surface area contributed by atoms with E-state index < -0.39 is 13.4 Å². The van der Waals surface area contributed by atoms with E-state index in [1.807, 2.05) is 29.5 Å². The average molecular weight is 575 g/mol. The summed E-state index contributed by atoms with van der Waals surface area (Å²) in [6.07, 6.45) is 0.0819. The maximum absolute atomic E-state index is 11.2. The van der Waals surface area contributed by atoms with Crippen molar-refractivity contribution in [3.63, 3.8) is 0 Å². The molecule has 0 heterocycles. The van der Waals surface area contributed by atoms with Crippen LogP contribution < -0.4 is 10.5 Å². The molecule has 0 aromatic heterocycles. The highest BCUT2D eigenvalue weighted by Gasteiger charge is 2.25. The number of hydrogen-bond acceptors (Lipinski definition) is 4. The summed E-state index contributed by atoms with van der Waals surface area (Å²) in [6, 6.07) is 8.56. The molecule has 6 nitrogen and oxygen atoms in total. The first kappa shape index (κ1) is 19.9. The van der Waals surface area contributed by atoms with E-state index >= 15 is 0 Å². The third kappa shape index (κ3) is 5.06. The second-order valence-corrected chi connectivity index (χ2v) is 9.47. The number of benzene rings is 2. The lowest BCUT2D eigenvalue weighted by Crippen LogP contribution is -2.22. The second-order valence-electron chi connectivity index (χ2n) is 5.30. The zero-order valence-electron chi connectivity index (χ0n) is 12.6. The van der Waals surface area contributed by atoms with Gasteiger partial charge in [-0.2, -0.15) is 0 Å². The number of halogens is 2. The van der Waals surface area contributed by atoms with Gasteiger partial charge in [0, 0.05) is 0 Å². The van der Waals surface area contributed by atoms with E-state index in [9.17, 15) is 9.67 Å². The summed E-state index contributed by atoms with van der Waals surface area (Å²) in [5.74, 6) is 0.220. The standard InChI is InChI=1S/C15H16I2NO5P/c1-8-4-9(6-14(18)24(20,21)22)5-12(17)15(8)23-10-2-3-13(19)11(16)7-10/h2-5,7,14,19H,6,18H2,1H3,(H2,20,21,22). The molecule has 0 aliphatic heterocycles. The molecule has 1 atom stereocenters. The van der Waals surface area contributed by atoms with Crippen LogP contribution in [0.2, 0.25) is 0 Å². The van der Waals surface area contributed by atoms with Crippen LogP contribution in [0.25, 0.3) is 0 Å². The Hall–Kier alpha value is -0.390. The number of aryl methyl sites for hydroxylation is 1. The maximum Gasteiger partial charge on any atom is 0.342 e. The topological polar surface area (TPSA) is 113 Å². The minimum Gasteiger partial charge on any atom is -0.507 e. The Kier molecular flexibility index (Phi) is 6.54. The van der Waals surface area contributed by atoms with Crippen molar-refractivity contribution in [1.82, 2.24) is 0 Å². The molecule has 2 aromatic carbocycles. The third-order valence-corrected chi connectivity index (χ3v) is 6.02. The van der Waals surface area contributed by atoms with Crippen LogP contribution in [0.4, 0.5) is 0 Å². The molecule has 0 saturated heterocycles. The molecular formula is C15H16I2NO5P. The van der Waals surface area contributed by atoms with Crippen LogP contribution in [0.5, 0.6) is 17.2 Å². The highest BCUT2D eigenvalue weighted by atomic mass is 127. The molecule has 0 aliphatic rings. The molecule has 0 amide bonds. The minimum absolute atomic E-state index is 0.0819. The maximum atomic E-state index is 11.2. The lowest BCUT2D eigenvalue weighted by Gasteiger charge is -2.16. The van der Waals surface area contributed by atoms with Crippen molar-refractivity contribution in [2.45, 2.75) is 19.1 Å². The largest absolute Gasteiger partial charge is 0.507 e. The van der Waals surface area contributed by atoms with Crippen molar-refractivity contribution >= 4 is 52.8 Å². The molecule has 0 saturated carbocycles. The van der Waals surface area contributed by atoms with Crippen molar-refractivity contribution in [1.29, 1.82) is 0 Å². The van der Waals surface area contributed by atoms with Gasteiger partial charge in [-0.05, 0) is 93.9 Å². The Morgan fingerprint density at radius 3 is 2.42 bits per heavy atom. The first-order chi connectivity index (χ1) is 11.1. The van der Waals surface area contributed by atoms with Gasteiger partial charge in [-0.1, -0.05) is 6.07 Å². The fourth-order valence-corrected chi connectivity index (χ4v) is 3.95. The molecule has 5 N–H and O–H groups in total. The number of ether oxygens (including phenoxy) is 1. The Morgan fingerprint density at radius 1 is 1.21 bits per heavy atom. The van der Waals surface area contributed by atoms with E-state index in [4.69, 9.17) is 20.3 Å². The fraction of sp³-hybridized carbons (Fsp3) is 0.200. The normalized spacial score (nSPS) is 12.9. The van der Waals surface area contributed by atoms with E-state index in [1.54, 1.807) is 30.3 Å². The summed E-state index contributed by atoms with van der Waals surface area (Å²) in [7, 11) is -4.31. The molecule has 2 rings (SSSR count). The lowest BCUT2D eigenvalue weighted by molar-refractivity contribution is 0.358. The van der Waals surface area contributed by atoms with Crippen LogP contribution >= 0.6 is 52.8 Å². The van der Waals surface area contributed by atoms with Gasteiger partial charge < -0.3 is 25.4 Å². The van der Waals surface area contributed by atoms with E-state index in [2.05, 4.69) is 22.6 Å². The fourth-order valence-electron chi connectivity index (χ4n) is 2.08. The Bertz CT molecular complexity index is 785. The predicted molar refractivity (Wildman–Crippen MR) is 109 cm³/mol. The van der Waals surface area contributed by atoms with Crippen LogP contribution in [-0.4, -0.2) is 20.7 Å². The SMILES string of the molecule is Cc1cc(CC(N)P(=O)(O)O)cc(I)c1Oc1ccc(O)c(I)c1. The first-order valence-corrected chi connectivity index (χ1v) is 10.7. The third-order valence-electron chi connectivity index (χ3n) is 3.31. The van der Waals surface area contributed by atoms with Gasteiger partial charge in [-0.15, -0.1) is 0 Å². The summed E-state index contributed by atoms with van der Waals surface area (Å²) >= 11 is 4.13. The van der Waals surface area contributed by atoms with Gasteiger partial charge in [0.15, 0.2) is 0 Å². The van der Waals surface area contributed by atoms with E-state index in [0.717, 1.165) is 14.7 Å². The molecule has 130 valence electrons. The number of phenolic OH excluding ortho intramolecular Hbond substituents is 1. The molecule has 0 bridgehead atoms. The van der Waals surface area contributed by atoms with Crippen LogP contribution in [0, 0.1) is 14.1 Å². The number of phenols is 1. The quantitative estimate of drug-likeness (QED) is 0.320. The van der Waals surface area contributed by atoms with E-state index in [1.165, 1.54) is 0 Å². The molecule has 9 heteroatoms. The Morgan fingerprint density at radius 2 is 1.88 bits per heavy atom. The summed E-state index contributed by atoms with van der Waals surface area (Å²) < 4.78 is 18.6. The number of nitrogens with two attached hydrogens (primary N) is 1. The molecular weight excluding hydrogens is 559 g/mol. The van der Waals surface area contributed by atoms with Crippen LogP contribution in [0.15, 0.2) is 30.3 Å². The Labute approximate surface area is 166 Å². The molecule has 0 spiro atoms. The molecule has 0 radical (unpaired) electrons. The molecule has 24 heavy (non-hydrogen) atoms. The van der Waals surface area contributed by atoms with E-state index in [-0.39, 0.29) is 12.2 Å². The summed E-state index contributed by atoms with van der Waals surface area (Å²) in [4.78, 5) is 18.2. The summed E-state index contributed by atoms with van der Waals surface area (Å²) in [5, 5.41) is 9.56. The van der Waals surface area contributed by atoms with Crippen LogP contribution in [-0.2, 0) is 11.0 Å². The van der Waals surface area contributed by atoms with Crippen molar-refractivity contribution < 1.29 is 24.2 Å². The van der Waals surface area contributed by atoms with Crippen molar-refractivity contribution in [2.75, 3.05) is 0 Å². The lowest BCUT2D eigenvalue weighted by atomic mass is 10.1. The number of rotatable bonds is 5. The van der Waals surface area contributed by atoms with Gasteiger partial charge in [0.1, 0.15) is 23.0 Å². The average Bonchev–Trinajstić information content (AvgIpc) is 2.45. The van der Waals surface area contributed by atoms with Crippen LogP contribution in [0.3, 0.4) is 0 Å². The monoisotopic (exact) mass is 575 g/mol. The zero-order valence-corrected chi connectivity index (χ0v) is 17.8. The van der Waals surface area contributed by atoms with Gasteiger partial charge in [-0.3, -0.25) is 4.57 Å². The van der Waals surface area contributed by atoms with Gasteiger partial charge in [-0.25, -0.2) is 0 Å². The Balaban J connectivity index is 2.26. The number of hydrogen-bond donors (Lipinski definition) is 4. The highest BCUT2D eigenvalue weighted by Crippen LogP contribution is 2.40. The molecule has 2 aromatic rings. The van der Waals surface area contributed by atoms with Crippen LogP contribution in [0.1, 0.15) is 11.1 Å². The van der Waals surface area contributed by atoms with Gasteiger partial charge >= 0.3 is 7.60 Å². The van der Waals surface area contributed by atoms with E-state index in [0.29, 0.717) is 15.1 Å². The summed E-state index contributed by atoms with van der Waals surface area (Å²) in [5.41, 5.74) is 7.12. The molecule has 0 fully saturated rings. The molecule has 0 aliphatic carbocycles. The van der Waals surface area contributed by atoms with Gasteiger partial charge in [0.25, 0.3) is 0 Å². The van der Waals surface area contributed by atoms with Gasteiger partial charge in [0.2, 0.25) is 0 Å². The van der Waals surface area contributed by atoms with Crippen molar-refractivity contribution in [3.8, 4) is 17.2 Å². The smallest absolute Gasteiger partial charge is 0.342 e. The second kappa shape index (κ2) is 7.88. The van der Waals surface area contributed by atoms with Crippen molar-refractivity contribution in [3.05, 3.63) is 48.6 Å². The minimum atomic E-state index is -4.31. The highest BCUT2D eigenvalue weighted by molar-refractivity contribution is 14.1. The number of aromatic hydroxyl groups is 1. The van der Waals surface area contributed by atoms with Gasteiger partial charge in [0.05, 0.1) is 7.14 Å². The predicted octanol–water partition coefficient (Wildman–Crippen LogP) is 3.71. The van der Waals surface area contributed by atoms with Crippen molar-refractivity contribution in [2.24, 2.45) is 5.73 Å². The molecule has 1 unspecified atom stereocenters. The zero-order chi connectivity index (χ0) is 18.1. The summed E-state index contributed by atoms with van der Waals surface area (Å²) in [6.45, 7) is 1.86.